The van der Waals surface area contributed by atoms with E-state index in [0.717, 1.165) is 34.1 Å². The lowest BCUT2D eigenvalue weighted by atomic mass is 9.67. The van der Waals surface area contributed by atoms with Crippen molar-refractivity contribution >= 4 is 65.6 Å². The lowest BCUT2D eigenvalue weighted by molar-refractivity contribution is 0.769. The molecule has 0 fully saturated rings. The standard InChI is InChI=1S/C67H46N2S/c1-5-17-47(18-6-1)49-29-37-55(38-30-49)69(56-39-31-50(32-40-56)48-19-7-2-8-20-48)58-43-35-52(36-44-58)67(51-33-41-57(42-34-51)68(53-21-9-3-10-22-53)54-23-11-4-12-24-54)62-27-15-13-26-61(62)65-63(67)46-45-60-59-25-14-16-28-64(59)70-66(60)65/h1-46H. The number of rotatable bonds is 10. The van der Waals surface area contributed by atoms with Crippen molar-refractivity contribution in [2.75, 3.05) is 9.80 Å². The molecule has 1 aliphatic carbocycles. The molecule has 0 saturated carbocycles. The molecule has 1 atom stereocenters. The number of nitrogens with zero attached hydrogens (tertiary/aromatic N) is 2. The van der Waals surface area contributed by atoms with Gasteiger partial charge in [0.25, 0.3) is 0 Å². The Morgan fingerprint density at radius 2 is 0.657 bits per heavy atom. The molecule has 0 bridgehead atoms. The highest BCUT2D eigenvalue weighted by Crippen LogP contribution is 2.59. The normalized spacial score (nSPS) is 13.8. The third kappa shape index (κ3) is 6.93. The van der Waals surface area contributed by atoms with E-state index in [0.29, 0.717) is 0 Å². The van der Waals surface area contributed by atoms with Crippen LogP contribution < -0.4 is 9.80 Å². The number of thiophene rings is 1. The molecule has 0 N–H and O–H groups in total. The minimum absolute atomic E-state index is 0.614. The second kappa shape index (κ2) is 17.4. The Balaban J connectivity index is 0.993. The lowest BCUT2D eigenvalue weighted by Gasteiger charge is -2.35. The average molecular weight is 911 g/mol. The fraction of sp³-hybridized carbons (Fsp3) is 0.0149. The summed E-state index contributed by atoms with van der Waals surface area (Å²) in [6.07, 6.45) is 0. The molecule has 70 heavy (non-hydrogen) atoms. The van der Waals surface area contributed by atoms with Crippen LogP contribution in [0.3, 0.4) is 0 Å². The topological polar surface area (TPSA) is 6.48 Å². The van der Waals surface area contributed by atoms with Gasteiger partial charge in [-0.15, -0.1) is 11.3 Å². The second-order valence-corrected chi connectivity index (χ2v) is 19.1. The van der Waals surface area contributed by atoms with Crippen molar-refractivity contribution in [1.29, 1.82) is 0 Å². The van der Waals surface area contributed by atoms with Crippen molar-refractivity contribution in [1.82, 2.24) is 0 Å². The summed E-state index contributed by atoms with van der Waals surface area (Å²) in [7, 11) is 0. The van der Waals surface area contributed by atoms with Gasteiger partial charge in [0.15, 0.2) is 0 Å². The highest BCUT2D eigenvalue weighted by molar-refractivity contribution is 7.26. The average Bonchev–Trinajstić information content (AvgIpc) is 3.97. The fourth-order valence-electron chi connectivity index (χ4n) is 11.0. The molecule has 0 spiro atoms. The van der Waals surface area contributed by atoms with Gasteiger partial charge in [0.05, 0.1) is 5.41 Å². The van der Waals surface area contributed by atoms with E-state index in [4.69, 9.17) is 0 Å². The van der Waals surface area contributed by atoms with E-state index < -0.39 is 5.41 Å². The molecule has 0 radical (unpaired) electrons. The van der Waals surface area contributed by atoms with Crippen LogP contribution in [-0.4, -0.2) is 0 Å². The Hall–Kier alpha value is -8.76. The van der Waals surface area contributed by atoms with E-state index in [1.54, 1.807) is 0 Å². The van der Waals surface area contributed by atoms with Crippen molar-refractivity contribution < 1.29 is 0 Å². The van der Waals surface area contributed by atoms with Crippen LogP contribution in [0.5, 0.6) is 0 Å². The van der Waals surface area contributed by atoms with Gasteiger partial charge in [-0.25, -0.2) is 0 Å². The molecule has 13 rings (SSSR count). The zero-order valence-corrected chi connectivity index (χ0v) is 39.2. The van der Waals surface area contributed by atoms with Gasteiger partial charge in [-0.05, 0) is 129 Å². The molecule has 0 saturated heterocycles. The molecule has 1 heterocycles. The highest BCUT2D eigenvalue weighted by Gasteiger charge is 2.47. The number of fused-ring (bicyclic) bond motifs is 7. The Labute approximate surface area is 413 Å². The van der Waals surface area contributed by atoms with Crippen LogP contribution in [0.2, 0.25) is 0 Å². The predicted molar refractivity (Wildman–Crippen MR) is 297 cm³/mol. The molecule has 11 aromatic carbocycles. The van der Waals surface area contributed by atoms with Crippen molar-refractivity contribution in [2.24, 2.45) is 0 Å². The van der Waals surface area contributed by atoms with Gasteiger partial charge < -0.3 is 9.80 Å². The zero-order chi connectivity index (χ0) is 46.4. The van der Waals surface area contributed by atoms with Gasteiger partial charge in [-0.1, -0.05) is 200 Å². The van der Waals surface area contributed by atoms with Crippen LogP contribution in [0, 0.1) is 0 Å². The quantitative estimate of drug-likeness (QED) is 0.135. The summed E-state index contributed by atoms with van der Waals surface area (Å²) in [6.45, 7) is 0. The first kappa shape index (κ1) is 41.4. The molecular formula is C67H46N2S. The van der Waals surface area contributed by atoms with Crippen molar-refractivity contribution in [3.63, 3.8) is 0 Å². The van der Waals surface area contributed by atoms with Gasteiger partial charge in [-0.2, -0.15) is 0 Å². The third-order valence-electron chi connectivity index (χ3n) is 14.2. The van der Waals surface area contributed by atoms with E-state index in [1.165, 1.54) is 75.8 Å². The Morgan fingerprint density at radius 1 is 0.271 bits per heavy atom. The number of para-hydroxylation sites is 2. The molecule has 0 amide bonds. The second-order valence-electron chi connectivity index (χ2n) is 18.0. The minimum Gasteiger partial charge on any atom is -0.311 e. The summed E-state index contributed by atoms with van der Waals surface area (Å²) in [5, 5.41) is 2.62. The van der Waals surface area contributed by atoms with Crippen LogP contribution in [0.25, 0.3) is 53.6 Å². The smallest absolute Gasteiger partial charge is 0.0714 e. The van der Waals surface area contributed by atoms with Crippen molar-refractivity contribution in [2.45, 2.75) is 5.41 Å². The predicted octanol–water partition coefficient (Wildman–Crippen LogP) is 18.7. The molecule has 330 valence electrons. The van der Waals surface area contributed by atoms with Gasteiger partial charge in [0, 0.05) is 59.9 Å². The molecule has 2 nitrogen and oxygen atoms in total. The Bertz CT molecular complexity index is 3650. The summed E-state index contributed by atoms with van der Waals surface area (Å²) < 4.78 is 2.65. The lowest BCUT2D eigenvalue weighted by Crippen LogP contribution is -2.28. The molecule has 1 aliphatic rings. The number of hydrogen-bond acceptors (Lipinski definition) is 3. The fourth-order valence-corrected chi connectivity index (χ4v) is 12.2. The maximum Gasteiger partial charge on any atom is 0.0714 e. The first-order chi connectivity index (χ1) is 34.7. The molecule has 3 heteroatoms. The Morgan fingerprint density at radius 3 is 1.16 bits per heavy atom. The van der Waals surface area contributed by atoms with Gasteiger partial charge in [-0.3, -0.25) is 0 Å². The summed E-state index contributed by atoms with van der Waals surface area (Å²) in [5.74, 6) is 0. The molecule has 12 aromatic rings. The monoisotopic (exact) mass is 910 g/mol. The van der Waals surface area contributed by atoms with Crippen LogP contribution in [0.4, 0.5) is 34.1 Å². The number of hydrogen-bond donors (Lipinski definition) is 0. The molecule has 1 unspecified atom stereocenters. The summed E-state index contributed by atoms with van der Waals surface area (Å²) in [5.41, 5.74) is 18.4. The maximum atomic E-state index is 2.42. The zero-order valence-electron chi connectivity index (χ0n) is 38.4. The van der Waals surface area contributed by atoms with E-state index in [1.807, 2.05) is 11.3 Å². The minimum atomic E-state index is -0.614. The highest BCUT2D eigenvalue weighted by atomic mass is 32.1. The van der Waals surface area contributed by atoms with E-state index in [9.17, 15) is 0 Å². The van der Waals surface area contributed by atoms with Gasteiger partial charge in [0.2, 0.25) is 0 Å². The summed E-state index contributed by atoms with van der Waals surface area (Å²) >= 11 is 1.91. The first-order valence-corrected chi connectivity index (χ1v) is 24.8. The molecule has 1 aromatic heterocycles. The third-order valence-corrected chi connectivity index (χ3v) is 15.4. The Kier molecular flexibility index (Phi) is 10.3. The van der Waals surface area contributed by atoms with E-state index in [-0.39, 0.29) is 0 Å². The number of benzene rings is 11. The van der Waals surface area contributed by atoms with E-state index >= 15 is 0 Å². The van der Waals surface area contributed by atoms with E-state index in [2.05, 4.69) is 289 Å². The van der Waals surface area contributed by atoms with Crippen LogP contribution in [-0.2, 0) is 5.41 Å². The molecular weight excluding hydrogens is 865 g/mol. The summed E-state index contributed by atoms with van der Waals surface area (Å²) in [4.78, 5) is 4.73. The van der Waals surface area contributed by atoms with Crippen LogP contribution in [0.15, 0.2) is 279 Å². The van der Waals surface area contributed by atoms with Gasteiger partial charge >= 0.3 is 0 Å². The largest absolute Gasteiger partial charge is 0.311 e. The number of anilines is 6. The van der Waals surface area contributed by atoms with Crippen molar-refractivity contribution in [3.05, 3.63) is 301 Å². The maximum absolute atomic E-state index is 2.42. The molecule has 0 aliphatic heterocycles. The van der Waals surface area contributed by atoms with Crippen molar-refractivity contribution in [3.8, 4) is 33.4 Å². The van der Waals surface area contributed by atoms with Crippen LogP contribution >= 0.6 is 11.3 Å². The first-order valence-electron chi connectivity index (χ1n) is 24.0. The van der Waals surface area contributed by atoms with Gasteiger partial charge in [0.1, 0.15) is 0 Å². The van der Waals surface area contributed by atoms with Crippen LogP contribution in [0.1, 0.15) is 22.3 Å². The SMILES string of the molecule is c1ccc(-c2ccc(N(c3ccc(-c4ccccc4)cc3)c3ccc(C4(c5ccc(N(c6ccccc6)c6ccccc6)cc5)c5ccccc5-c5c4ccc4c5sc5ccccc54)cc3)cc2)cc1. The summed E-state index contributed by atoms with van der Waals surface area (Å²) in [6, 6.07) is 102.